The highest BCUT2D eigenvalue weighted by Gasteiger charge is 2.26. The summed E-state index contributed by atoms with van der Waals surface area (Å²) in [4.78, 5) is 25.0. The number of nitrogens with two attached hydrogens (primary N) is 1. The summed E-state index contributed by atoms with van der Waals surface area (Å²) in [6.07, 6.45) is 6.57. The fourth-order valence-corrected chi connectivity index (χ4v) is 3.00. The zero-order chi connectivity index (χ0) is 13.7. The predicted molar refractivity (Wildman–Crippen MR) is 76.5 cm³/mol. The fraction of sp³-hybridized carbons (Fsp3) is 0.429. The van der Waals surface area contributed by atoms with Gasteiger partial charge in [0.05, 0.1) is 0 Å². The van der Waals surface area contributed by atoms with Gasteiger partial charge < -0.3 is 10.6 Å². The molecule has 0 aromatic carbocycles. The van der Waals surface area contributed by atoms with Crippen LogP contribution in [0, 0.1) is 0 Å². The van der Waals surface area contributed by atoms with Gasteiger partial charge in [-0.25, -0.2) is 0 Å². The van der Waals surface area contributed by atoms with Gasteiger partial charge in [0.2, 0.25) is 11.8 Å². The minimum atomic E-state index is -0.341. The lowest BCUT2D eigenvalue weighted by molar-refractivity contribution is -0.130. The van der Waals surface area contributed by atoms with Crippen LogP contribution in [0.1, 0.15) is 31.2 Å². The summed E-state index contributed by atoms with van der Waals surface area (Å²) in [5, 5.41) is 3.96. The Kier molecular flexibility index (Phi) is 4.74. The van der Waals surface area contributed by atoms with Gasteiger partial charge in [-0.1, -0.05) is 0 Å². The van der Waals surface area contributed by atoms with Crippen LogP contribution in [0.15, 0.2) is 22.9 Å². The molecule has 1 aliphatic heterocycles. The van der Waals surface area contributed by atoms with E-state index in [9.17, 15) is 9.59 Å². The zero-order valence-electron chi connectivity index (χ0n) is 10.7. The SMILES string of the molecule is NC(=O)C[C@H]1CCCCN1C(=O)/C=C/c1ccsc1. The topological polar surface area (TPSA) is 63.4 Å². The summed E-state index contributed by atoms with van der Waals surface area (Å²) in [5.41, 5.74) is 6.27. The zero-order valence-corrected chi connectivity index (χ0v) is 11.6. The number of hydrogen-bond acceptors (Lipinski definition) is 3. The molecule has 102 valence electrons. The van der Waals surface area contributed by atoms with Crippen molar-refractivity contribution in [2.75, 3.05) is 6.54 Å². The van der Waals surface area contributed by atoms with Gasteiger partial charge in [-0.15, -0.1) is 0 Å². The summed E-state index contributed by atoms with van der Waals surface area (Å²) in [6, 6.07) is 1.93. The average Bonchev–Trinajstić information content (AvgIpc) is 2.89. The number of piperidine rings is 1. The smallest absolute Gasteiger partial charge is 0.246 e. The summed E-state index contributed by atoms with van der Waals surface area (Å²) in [5.74, 6) is -0.372. The van der Waals surface area contributed by atoms with Crippen molar-refractivity contribution < 1.29 is 9.59 Å². The fourth-order valence-electron chi connectivity index (χ4n) is 2.37. The Morgan fingerprint density at radius 2 is 2.32 bits per heavy atom. The first-order chi connectivity index (χ1) is 9.16. The monoisotopic (exact) mass is 278 g/mol. The van der Waals surface area contributed by atoms with E-state index in [1.165, 1.54) is 0 Å². The molecule has 0 radical (unpaired) electrons. The Labute approximate surface area is 116 Å². The second-order valence-electron chi connectivity index (χ2n) is 4.74. The van der Waals surface area contributed by atoms with Gasteiger partial charge in [-0.3, -0.25) is 9.59 Å². The summed E-state index contributed by atoms with van der Waals surface area (Å²) in [7, 11) is 0. The minimum absolute atomic E-state index is 0.0304. The van der Waals surface area contributed by atoms with Crippen LogP contribution in [0.2, 0.25) is 0 Å². The largest absolute Gasteiger partial charge is 0.370 e. The molecule has 0 spiro atoms. The third-order valence-electron chi connectivity index (χ3n) is 3.31. The van der Waals surface area contributed by atoms with Crippen LogP contribution in [-0.2, 0) is 9.59 Å². The Bertz CT molecular complexity index is 468. The van der Waals surface area contributed by atoms with Gasteiger partial charge >= 0.3 is 0 Å². The van der Waals surface area contributed by atoms with Crippen molar-refractivity contribution in [3.8, 4) is 0 Å². The molecule has 5 heteroatoms. The number of primary amides is 1. The Morgan fingerprint density at radius 3 is 3.00 bits per heavy atom. The van der Waals surface area contributed by atoms with Gasteiger partial charge in [0.15, 0.2) is 0 Å². The molecule has 1 aromatic rings. The van der Waals surface area contributed by atoms with Crippen LogP contribution in [0.4, 0.5) is 0 Å². The van der Waals surface area contributed by atoms with E-state index in [0.29, 0.717) is 6.54 Å². The van der Waals surface area contributed by atoms with E-state index in [0.717, 1.165) is 24.8 Å². The molecular formula is C14H18N2O2S. The van der Waals surface area contributed by atoms with E-state index >= 15 is 0 Å². The van der Waals surface area contributed by atoms with Crippen LogP contribution in [0.25, 0.3) is 6.08 Å². The number of hydrogen-bond donors (Lipinski definition) is 1. The molecule has 4 nitrogen and oxygen atoms in total. The third-order valence-corrected chi connectivity index (χ3v) is 4.01. The van der Waals surface area contributed by atoms with Crippen molar-refractivity contribution in [1.29, 1.82) is 0 Å². The summed E-state index contributed by atoms with van der Waals surface area (Å²) in [6.45, 7) is 0.713. The first-order valence-corrected chi connectivity index (χ1v) is 7.40. The molecule has 0 unspecified atom stereocenters. The summed E-state index contributed by atoms with van der Waals surface area (Å²) >= 11 is 1.60. The Balaban J connectivity index is 2.00. The molecule has 1 fully saturated rings. The first-order valence-electron chi connectivity index (χ1n) is 6.46. The van der Waals surface area contributed by atoms with E-state index in [4.69, 9.17) is 5.73 Å². The third kappa shape index (κ3) is 3.92. The number of thiophene rings is 1. The molecular weight excluding hydrogens is 260 g/mol. The van der Waals surface area contributed by atoms with E-state index in [1.807, 2.05) is 22.9 Å². The molecule has 19 heavy (non-hydrogen) atoms. The van der Waals surface area contributed by atoms with E-state index in [-0.39, 0.29) is 24.3 Å². The number of carbonyl (C=O) groups is 2. The van der Waals surface area contributed by atoms with Crippen LogP contribution in [0.5, 0.6) is 0 Å². The van der Waals surface area contributed by atoms with Crippen LogP contribution < -0.4 is 5.73 Å². The van der Waals surface area contributed by atoms with Crippen LogP contribution in [0.3, 0.4) is 0 Å². The van der Waals surface area contributed by atoms with Crippen molar-refractivity contribution in [1.82, 2.24) is 4.90 Å². The molecule has 0 aliphatic carbocycles. The van der Waals surface area contributed by atoms with Gasteiger partial charge in [-0.2, -0.15) is 11.3 Å². The van der Waals surface area contributed by atoms with Gasteiger partial charge in [0, 0.05) is 25.1 Å². The second-order valence-corrected chi connectivity index (χ2v) is 5.52. The van der Waals surface area contributed by atoms with Crippen molar-refractivity contribution in [2.24, 2.45) is 5.73 Å². The maximum Gasteiger partial charge on any atom is 0.246 e. The van der Waals surface area contributed by atoms with Crippen molar-refractivity contribution in [3.63, 3.8) is 0 Å². The van der Waals surface area contributed by atoms with Crippen LogP contribution >= 0.6 is 11.3 Å². The quantitative estimate of drug-likeness (QED) is 0.856. The highest BCUT2D eigenvalue weighted by atomic mass is 32.1. The number of likely N-dealkylation sites (tertiary alicyclic amines) is 1. The standard InChI is InChI=1S/C14H18N2O2S/c15-13(17)9-12-3-1-2-7-16(12)14(18)5-4-11-6-8-19-10-11/h4-6,8,10,12H,1-3,7,9H2,(H2,15,17)/b5-4+/t12-/m1/s1. The number of nitrogens with zero attached hydrogens (tertiary/aromatic N) is 1. The Morgan fingerprint density at radius 1 is 1.47 bits per heavy atom. The van der Waals surface area contributed by atoms with Crippen molar-refractivity contribution >= 4 is 29.2 Å². The number of carbonyl (C=O) groups excluding carboxylic acids is 2. The second kappa shape index (κ2) is 6.52. The van der Waals surface area contributed by atoms with E-state index in [2.05, 4.69) is 0 Å². The van der Waals surface area contributed by atoms with Gasteiger partial charge in [0.25, 0.3) is 0 Å². The number of amides is 2. The molecule has 1 saturated heterocycles. The molecule has 0 saturated carbocycles. The molecule has 2 N–H and O–H groups in total. The summed E-state index contributed by atoms with van der Waals surface area (Å²) < 4.78 is 0. The van der Waals surface area contributed by atoms with Crippen molar-refractivity contribution in [2.45, 2.75) is 31.7 Å². The molecule has 2 heterocycles. The molecule has 2 amide bonds. The normalized spacial score (nSPS) is 19.8. The predicted octanol–water partition coefficient (Wildman–Crippen LogP) is 2.02. The average molecular weight is 278 g/mol. The molecule has 2 rings (SSSR count). The van der Waals surface area contributed by atoms with E-state index < -0.39 is 0 Å². The molecule has 0 bridgehead atoms. The Hall–Kier alpha value is -1.62. The molecule has 1 aliphatic rings. The lowest BCUT2D eigenvalue weighted by Crippen LogP contribution is -2.44. The highest BCUT2D eigenvalue weighted by molar-refractivity contribution is 7.08. The van der Waals surface area contributed by atoms with E-state index in [1.54, 1.807) is 22.3 Å². The first kappa shape index (κ1) is 13.8. The molecule has 1 aromatic heterocycles. The van der Waals surface area contributed by atoms with Gasteiger partial charge in [-0.05, 0) is 47.7 Å². The maximum absolute atomic E-state index is 12.2. The maximum atomic E-state index is 12.2. The van der Waals surface area contributed by atoms with Crippen LogP contribution in [-0.4, -0.2) is 29.3 Å². The van der Waals surface area contributed by atoms with Gasteiger partial charge in [0.1, 0.15) is 0 Å². The van der Waals surface area contributed by atoms with Crippen molar-refractivity contribution in [3.05, 3.63) is 28.5 Å². The highest BCUT2D eigenvalue weighted by Crippen LogP contribution is 2.20. The lowest BCUT2D eigenvalue weighted by Gasteiger charge is -2.34. The minimum Gasteiger partial charge on any atom is -0.370 e. The molecule has 1 atom stereocenters. The lowest BCUT2D eigenvalue weighted by atomic mass is 9.99. The number of rotatable bonds is 4.